The minimum absolute atomic E-state index is 0. The Kier molecular flexibility index (Phi) is 7.26. The molecule has 17 heavy (non-hydrogen) atoms. The van der Waals surface area contributed by atoms with Crippen LogP contribution in [0.1, 0.15) is 0 Å². The number of rotatable bonds is 5. The molecule has 1 aromatic carbocycles. The predicted molar refractivity (Wildman–Crippen MR) is 53.7 cm³/mol. The van der Waals surface area contributed by atoms with Crippen LogP contribution in [-0.4, -0.2) is 42.5 Å². The first-order valence-electron chi connectivity index (χ1n) is 4.34. The summed E-state index contributed by atoms with van der Waals surface area (Å²) in [4.78, 5) is -0.430. The molecule has 0 fully saturated rings. The van der Waals surface area contributed by atoms with Gasteiger partial charge in [-0.3, -0.25) is 4.55 Å². The van der Waals surface area contributed by atoms with Crippen molar-refractivity contribution in [2.75, 3.05) is 13.2 Å². The van der Waals surface area contributed by atoms with E-state index < -0.39 is 27.7 Å². The normalized spacial score (nSPS) is 12.6. The average molecular weight is 270 g/mol. The maximum atomic E-state index is 10.9. The Balaban J connectivity index is 0.00000256. The van der Waals surface area contributed by atoms with Gasteiger partial charge in [-0.2, -0.15) is 18.2 Å². The molecular weight excluding hydrogens is 259 g/mol. The summed E-state index contributed by atoms with van der Waals surface area (Å²) < 4.78 is 35.6. The minimum atomic E-state index is -4.39. The maximum Gasteiger partial charge on any atom is 1.00 e. The molecule has 0 amide bonds. The average Bonchev–Trinajstić information content (AvgIpc) is 2.25. The maximum absolute atomic E-state index is 10.9. The molecule has 0 radical (unpaired) electrons. The van der Waals surface area contributed by atoms with Crippen molar-refractivity contribution < 1.29 is 57.5 Å². The number of hydrogen-bond acceptors (Lipinski definition) is 5. The van der Waals surface area contributed by atoms with Crippen LogP contribution in [0.3, 0.4) is 0 Å². The zero-order valence-electron chi connectivity index (χ0n) is 9.20. The summed E-state index contributed by atoms with van der Waals surface area (Å²) >= 11 is 0. The molecular formula is C9H11NaO6S. The first-order chi connectivity index (χ1) is 7.45. The van der Waals surface area contributed by atoms with Gasteiger partial charge in [0.2, 0.25) is 10.1 Å². The third kappa shape index (κ3) is 5.35. The molecule has 0 spiro atoms. The summed E-state index contributed by atoms with van der Waals surface area (Å²) in [5.41, 5.74) is 0. The van der Waals surface area contributed by atoms with Gasteiger partial charge in [0.1, 0.15) is 12.7 Å². The Morgan fingerprint density at radius 2 is 2.12 bits per heavy atom. The van der Waals surface area contributed by atoms with Crippen LogP contribution in [0.5, 0.6) is 5.75 Å². The fraction of sp³-hybridized carbons (Fsp3) is 0.333. The Bertz CT molecular complexity index is 447. The fourth-order valence-electron chi connectivity index (χ4n) is 0.960. The molecule has 1 atom stereocenters. The van der Waals surface area contributed by atoms with Crippen LogP contribution in [0.15, 0.2) is 23.1 Å². The van der Waals surface area contributed by atoms with Gasteiger partial charge in [-0.05, 0) is 0 Å². The summed E-state index contributed by atoms with van der Waals surface area (Å²) in [5.74, 6) is -0.103. The van der Waals surface area contributed by atoms with E-state index in [2.05, 4.69) is 6.07 Å². The molecule has 0 saturated carbocycles. The van der Waals surface area contributed by atoms with Gasteiger partial charge in [0.05, 0.1) is 6.61 Å². The molecule has 3 N–H and O–H groups in total. The van der Waals surface area contributed by atoms with E-state index in [9.17, 15) is 8.42 Å². The van der Waals surface area contributed by atoms with Crippen molar-refractivity contribution in [3.8, 4) is 5.75 Å². The van der Waals surface area contributed by atoms with Gasteiger partial charge in [-0.1, -0.05) is 0 Å². The standard InChI is InChI=1S/C9H11O6S.Na/c10-5-7(11)6-15-8-3-1-2-4-9(8)16(12,13)14;/h1,3-4,7,10-11H,5-6H2,(H,12,13,14);/q-1;+1. The Labute approximate surface area is 121 Å². The van der Waals surface area contributed by atoms with Crippen LogP contribution in [0.2, 0.25) is 0 Å². The van der Waals surface area contributed by atoms with Crippen molar-refractivity contribution in [1.29, 1.82) is 0 Å². The van der Waals surface area contributed by atoms with E-state index in [-0.39, 0.29) is 41.9 Å². The van der Waals surface area contributed by atoms with Crippen molar-refractivity contribution in [2.45, 2.75) is 11.0 Å². The van der Waals surface area contributed by atoms with Gasteiger partial charge in [0, 0.05) is 10.6 Å². The molecule has 0 saturated heterocycles. The number of benzene rings is 1. The first-order valence-corrected chi connectivity index (χ1v) is 5.78. The smallest absolute Gasteiger partial charge is 0.515 e. The molecule has 0 bridgehead atoms. The zero-order chi connectivity index (χ0) is 12.2. The molecule has 1 unspecified atom stereocenters. The summed E-state index contributed by atoms with van der Waals surface area (Å²) in [6.07, 6.45) is -1.11. The minimum Gasteiger partial charge on any atom is -0.515 e. The fourth-order valence-corrected chi connectivity index (χ4v) is 1.56. The molecule has 0 aliphatic carbocycles. The summed E-state index contributed by atoms with van der Waals surface area (Å²) in [7, 11) is -4.39. The monoisotopic (exact) mass is 270 g/mol. The van der Waals surface area contributed by atoms with Crippen molar-refractivity contribution >= 4 is 10.1 Å². The molecule has 0 heterocycles. The van der Waals surface area contributed by atoms with Gasteiger partial charge in [-0.25, -0.2) is 8.42 Å². The molecule has 1 aromatic rings. The molecule has 1 rings (SSSR count). The van der Waals surface area contributed by atoms with Crippen molar-refractivity contribution in [3.05, 3.63) is 24.3 Å². The molecule has 0 aliphatic heterocycles. The van der Waals surface area contributed by atoms with Gasteiger partial charge in [0.25, 0.3) is 0 Å². The van der Waals surface area contributed by atoms with Crippen LogP contribution in [0.4, 0.5) is 0 Å². The Morgan fingerprint density at radius 1 is 1.47 bits per heavy atom. The van der Waals surface area contributed by atoms with E-state index in [1.165, 1.54) is 12.1 Å². The largest absolute Gasteiger partial charge is 1.00 e. The van der Waals surface area contributed by atoms with E-state index >= 15 is 0 Å². The van der Waals surface area contributed by atoms with Crippen LogP contribution in [0, 0.1) is 6.07 Å². The van der Waals surface area contributed by atoms with Crippen LogP contribution in [0.25, 0.3) is 0 Å². The van der Waals surface area contributed by atoms with E-state index in [4.69, 9.17) is 19.5 Å². The zero-order valence-corrected chi connectivity index (χ0v) is 12.0. The third-order valence-electron chi connectivity index (χ3n) is 1.71. The van der Waals surface area contributed by atoms with Crippen LogP contribution in [-0.2, 0) is 10.1 Å². The van der Waals surface area contributed by atoms with E-state index in [0.29, 0.717) is 0 Å². The second-order valence-electron chi connectivity index (χ2n) is 3.00. The van der Waals surface area contributed by atoms with Gasteiger partial charge in [0.15, 0.2) is 0 Å². The van der Waals surface area contributed by atoms with E-state index in [1.807, 2.05) is 0 Å². The molecule has 0 aliphatic rings. The molecule has 8 heteroatoms. The van der Waals surface area contributed by atoms with Crippen molar-refractivity contribution in [1.82, 2.24) is 0 Å². The Morgan fingerprint density at radius 3 is 2.65 bits per heavy atom. The summed E-state index contributed by atoms with van der Waals surface area (Å²) in [5, 5.41) is 17.6. The van der Waals surface area contributed by atoms with Crippen LogP contribution >= 0.6 is 0 Å². The number of ether oxygens (including phenoxy) is 1. The van der Waals surface area contributed by atoms with Crippen molar-refractivity contribution in [3.63, 3.8) is 0 Å². The predicted octanol–water partition coefficient (Wildman–Crippen LogP) is -3.53. The van der Waals surface area contributed by atoms with Crippen LogP contribution < -0.4 is 34.3 Å². The second kappa shape index (κ2) is 7.32. The summed E-state index contributed by atoms with van der Waals surface area (Å²) in [6.45, 7) is -0.775. The third-order valence-corrected chi connectivity index (χ3v) is 2.58. The SMILES string of the molecule is O=S(=O)(O)c1c[c-]ccc1OCC(O)CO.[Na+]. The van der Waals surface area contributed by atoms with Crippen molar-refractivity contribution in [2.24, 2.45) is 0 Å². The molecule has 0 aromatic heterocycles. The van der Waals surface area contributed by atoms with E-state index in [0.717, 1.165) is 6.07 Å². The van der Waals surface area contributed by atoms with Gasteiger partial charge >= 0.3 is 29.6 Å². The van der Waals surface area contributed by atoms with E-state index in [1.54, 1.807) is 0 Å². The Hall–Kier alpha value is -0.150. The second-order valence-corrected chi connectivity index (χ2v) is 4.39. The summed E-state index contributed by atoms with van der Waals surface area (Å²) in [6, 6.07) is 6.21. The number of hydrogen-bond donors (Lipinski definition) is 3. The van der Waals surface area contributed by atoms with Gasteiger partial charge < -0.3 is 14.9 Å². The number of aliphatic hydroxyl groups is 2. The topological polar surface area (TPSA) is 104 Å². The quantitative estimate of drug-likeness (QED) is 0.291. The number of aliphatic hydroxyl groups excluding tert-OH is 2. The van der Waals surface area contributed by atoms with Gasteiger partial charge in [-0.15, -0.1) is 6.07 Å². The molecule has 90 valence electrons. The first kappa shape index (κ1) is 16.9. The molecule has 6 nitrogen and oxygen atoms in total.